The van der Waals surface area contributed by atoms with Crippen LogP contribution in [-0.4, -0.2) is 38.7 Å². The van der Waals surface area contributed by atoms with Crippen molar-refractivity contribution in [2.45, 2.75) is 39.7 Å². The lowest BCUT2D eigenvalue weighted by Crippen LogP contribution is -2.40. The molecular formula is C21H26N4O. The maximum Gasteiger partial charge on any atom is 0.227 e. The van der Waals surface area contributed by atoms with Crippen molar-refractivity contribution in [2.75, 3.05) is 13.1 Å². The number of hydrogen-bond acceptors (Lipinski definition) is 2. The predicted octanol–water partition coefficient (Wildman–Crippen LogP) is 3.46. The molecule has 0 aliphatic carbocycles. The fourth-order valence-corrected chi connectivity index (χ4v) is 4.02. The van der Waals surface area contributed by atoms with Crippen molar-refractivity contribution in [1.82, 2.24) is 19.7 Å². The molecule has 0 atom stereocenters. The number of para-hydroxylation sites is 1. The summed E-state index contributed by atoms with van der Waals surface area (Å²) in [5.41, 5.74) is 4.49. The van der Waals surface area contributed by atoms with E-state index in [2.05, 4.69) is 33.8 Å². The number of aromatic nitrogens is 3. The Morgan fingerprint density at radius 2 is 2.00 bits per heavy atom. The second kappa shape index (κ2) is 6.98. The van der Waals surface area contributed by atoms with E-state index < -0.39 is 0 Å². The number of carbonyl (C=O) groups is 1. The number of piperidine rings is 1. The largest absolute Gasteiger partial charge is 0.361 e. The number of H-pyrrole nitrogens is 1. The van der Waals surface area contributed by atoms with Crippen LogP contribution in [0, 0.1) is 19.8 Å². The lowest BCUT2D eigenvalue weighted by atomic mass is 9.96. The summed E-state index contributed by atoms with van der Waals surface area (Å²) in [5.74, 6) is 0.837. The summed E-state index contributed by atoms with van der Waals surface area (Å²) in [5, 5.41) is 5.72. The van der Waals surface area contributed by atoms with Crippen LogP contribution in [0.15, 0.2) is 36.5 Å². The van der Waals surface area contributed by atoms with Gasteiger partial charge in [-0.3, -0.25) is 9.48 Å². The zero-order valence-corrected chi connectivity index (χ0v) is 15.5. The molecule has 5 nitrogen and oxygen atoms in total. The maximum absolute atomic E-state index is 12.7. The van der Waals surface area contributed by atoms with Crippen LogP contribution in [0.25, 0.3) is 10.9 Å². The quantitative estimate of drug-likeness (QED) is 0.783. The zero-order valence-electron chi connectivity index (χ0n) is 15.5. The highest BCUT2D eigenvalue weighted by atomic mass is 16.2. The van der Waals surface area contributed by atoms with E-state index in [1.54, 1.807) is 0 Å². The molecular weight excluding hydrogens is 324 g/mol. The van der Waals surface area contributed by atoms with Crippen LogP contribution < -0.4 is 0 Å². The molecule has 136 valence electrons. The molecule has 4 rings (SSSR count). The number of aryl methyl sites for hydroxylation is 2. The lowest BCUT2D eigenvalue weighted by molar-refractivity contribution is -0.131. The second-order valence-electron chi connectivity index (χ2n) is 7.47. The Balaban J connectivity index is 1.34. The molecule has 1 saturated heterocycles. The lowest BCUT2D eigenvalue weighted by Gasteiger charge is -2.32. The Morgan fingerprint density at radius 3 is 2.73 bits per heavy atom. The number of nitrogens with zero attached hydrogens (tertiary/aromatic N) is 3. The predicted molar refractivity (Wildman–Crippen MR) is 103 cm³/mol. The Morgan fingerprint density at radius 1 is 1.23 bits per heavy atom. The molecule has 2 aromatic heterocycles. The molecule has 1 amide bonds. The Hall–Kier alpha value is -2.56. The number of amides is 1. The summed E-state index contributed by atoms with van der Waals surface area (Å²) in [6.07, 6.45) is 4.56. The van der Waals surface area contributed by atoms with E-state index in [0.717, 1.165) is 54.6 Å². The molecule has 5 heteroatoms. The molecule has 1 aliphatic rings. The molecule has 0 radical (unpaired) electrons. The number of rotatable bonds is 4. The number of fused-ring (bicyclic) bond motifs is 1. The van der Waals surface area contributed by atoms with Gasteiger partial charge in [-0.1, -0.05) is 18.2 Å². The Kier molecular flexibility index (Phi) is 4.53. The van der Waals surface area contributed by atoms with Crippen LogP contribution >= 0.6 is 0 Å². The minimum atomic E-state index is 0.235. The molecule has 1 fully saturated rings. The summed E-state index contributed by atoms with van der Waals surface area (Å²) in [6.45, 7) is 6.82. The van der Waals surface area contributed by atoms with Gasteiger partial charge in [-0.2, -0.15) is 5.10 Å². The van der Waals surface area contributed by atoms with Gasteiger partial charge in [0.1, 0.15) is 0 Å². The fourth-order valence-electron chi connectivity index (χ4n) is 4.02. The first-order valence-corrected chi connectivity index (χ1v) is 9.44. The van der Waals surface area contributed by atoms with E-state index in [-0.39, 0.29) is 5.91 Å². The summed E-state index contributed by atoms with van der Waals surface area (Å²) in [6, 6.07) is 10.3. The third-order valence-electron chi connectivity index (χ3n) is 5.52. The minimum absolute atomic E-state index is 0.235. The van der Waals surface area contributed by atoms with Crippen molar-refractivity contribution in [3.63, 3.8) is 0 Å². The number of hydrogen-bond donors (Lipinski definition) is 1. The third-order valence-corrected chi connectivity index (χ3v) is 5.52. The molecule has 0 spiro atoms. The third kappa shape index (κ3) is 3.39. The smallest absolute Gasteiger partial charge is 0.227 e. The van der Waals surface area contributed by atoms with Gasteiger partial charge in [-0.05, 0) is 50.3 Å². The molecule has 1 N–H and O–H groups in total. The Bertz CT molecular complexity index is 915. The van der Waals surface area contributed by atoms with Crippen molar-refractivity contribution in [2.24, 2.45) is 5.92 Å². The number of nitrogens with one attached hydrogen (secondary N) is 1. The minimum Gasteiger partial charge on any atom is -0.361 e. The van der Waals surface area contributed by atoms with E-state index in [4.69, 9.17) is 0 Å². The molecule has 0 unspecified atom stereocenters. The number of aromatic amines is 1. The first kappa shape index (κ1) is 16.9. The normalized spacial score (nSPS) is 15.7. The Labute approximate surface area is 154 Å². The molecule has 26 heavy (non-hydrogen) atoms. The molecule has 1 aliphatic heterocycles. The monoisotopic (exact) mass is 350 g/mol. The van der Waals surface area contributed by atoms with Crippen molar-refractivity contribution in [1.29, 1.82) is 0 Å². The van der Waals surface area contributed by atoms with Gasteiger partial charge in [0.05, 0.1) is 12.1 Å². The van der Waals surface area contributed by atoms with Crippen LogP contribution in [-0.2, 0) is 17.8 Å². The highest BCUT2D eigenvalue weighted by Crippen LogP contribution is 2.22. The van der Waals surface area contributed by atoms with E-state index in [0.29, 0.717) is 12.3 Å². The zero-order chi connectivity index (χ0) is 18.1. The first-order chi connectivity index (χ1) is 12.6. The summed E-state index contributed by atoms with van der Waals surface area (Å²) >= 11 is 0. The molecule has 3 aromatic rings. The topological polar surface area (TPSA) is 53.9 Å². The molecule has 0 bridgehead atoms. The van der Waals surface area contributed by atoms with E-state index in [9.17, 15) is 4.79 Å². The van der Waals surface area contributed by atoms with Crippen molar-refractivity contribution in [3.8, 4) is 0 Å². The van der Waals surface area contributed by atoms with Gasteiger partial charge < -0.3 is 9.88 Å². The first-order valence-electron chi connectivity index (χ1n) is 9.44. The highest BCUT2D eigenvalue weighted by Gasteiger charge is 2.24. The van der Waals surface area contributed by atoms with E-state index in [1.807, 2.05) is 36.2 Å². The molecule has 1 aromatic carbocycles. The average molecular weight is 350 g/mol. The van der Waals surface area contributed by atoms with Gasteiger partial charge in [-0.15, -0.1) is 0 Å². The standard InChI is InChI=1S/C21H26N4O/c1-15-11-16(2)25(23-15)14-17-7-9-24(10-8-17)21(26)12-18-13-22-20-6-4-3-5-19(18)20/h3-6,11,13,17,22H,7-10,12,14H2,1-2H3. The van der Waals surface area contributed by atoms with Gasteiger partial charge in [0.2, 0.25) is 5.91 Å². The average Bonchev–Trinajstić information content (AvgIpc) is 3.18. The number of benzene rings is 1. The maximum atomic E-state index is 12.7. The van der Waals surface area contributed by atoms with Gasteiger partial charge >= 0.3 is 0 Å². The summed E-state index contributed by atoms with van der Waals surface area (Å²) < 4.78 is 2.11. The SMILES string of the molecule is Cc1cc(C)n(CC2CCN(C(=O)Cc3c[nH]c4ccccc34)CC2)n1. The fraction of sp³-hybridized carbons (Fsp3) is 0.429. The molecule has 0 saturated carbocycles. The van der Waals surface area contributed by atoms with Crippen molar-refractivity contribution < 1.29 is 4.79 Å². The van der Waals surface area contributed by atoms with E-state index in [1.165, 1.54) is 5.69 Å². The van der Waals surface area contributed by atoms with Crippen LogP contribution in [0.1, 0.15) is 29.8 Å². The van der Waals surface area contributed by atoms with Crippen LogP contribution in [0.3, 0.4) is 0 Å². The van der Waals surface area contributed by atoms with Crippen molar-refractivity contribution in [3.05, 3.63) is 53.5 Å². The van der Waals surface area contributed by atoms with Crippen molar-refractivity contribution >= 4 is 16.8 Å². The number of likely N-dealkylation sites (tertiary alicyclic amines) is 1. The summed E-state index contributed by atoms with van der Waals surface area (Å²) in [7, 11) is 0. The summed E-state index contributed by atoms with van der Waals surface area (Å²) in [4.78, 5) is 18.0. The van der Waals surface area contributed by atoms with Gasteiger partial charge in [-0.25, -0.2) is 0 Å². The van der Waals surface area contributed by atoms with E-state index >= 15 is 0 Å². The number of carbonyl (C=O) groups excluding carboxylic acids is 1. The molecule has 3 heterocycles. The highest BCUT2D eigenvalue weighted by molar-refractivity contribution is 5.88. The van der Waals surface area contributed by atoms with Gasteiger partial charge in [0.25, 0.3) is 0 Å². The van der Waals surface area contributed by atoms with Crippen LogP contribution in [0.2, 0.25) is 0 Å². The van der Waals surface area contributed by atoms with Crippen LogP contribution in [0.5, 0.6) is 0 Å². The second-order valence-corrected chi connectivity index (χ2v) is 7.47. The van der Waals surface area contributed by atoms with Gasteiger partial charge in [0, 0.05) is 42.4 Å². The van der Waals surface area contributed by atoms with Gasteiger partial charge in [0.15, 0.2) is 0 Å². The van der Waals surface area contributed by atoms with Crippen LogP contribution in [0.4, 0.5) is 0 Å².